The van der Waals surface area contributed by atoms with Crippen LogP contribution in [0.15, 0.2) is 29.6 Å². The molecule has 20 heavy (non-hydrogen) atoms. The van der Waals surface area contributed by atoms with Crippen LogP contribution >= 0.6 is 11.3 Å². The van der Waals surface area contributed by atoms with Crippen molar-refractivity contribution in [3.05, 3.63) is 34.7 Å². The molecule has 0 N–H and O–H groups in total. The van der Waals surface area contributed by atoms with Gasteiger partial charge in [0.2, 0.25) is 0 Å². The Hall–Kier alpha value is -1.39. The lowest BCUT2D eigenvalue weighted by Crippen LogP contribution is -2.28. The predicted octanol–water partition coefficient (Wildman–Crippen LogP) is 3.80. The molecule has 0 unspecified atom stereocenters. The summed E-state index contributed by atoms with van der Waals surface area (Å²) in [5, 5.41) is 3.36. The maximum atomic E-state index is 5.27. The molecule has 3 rings (SSSR count). The van der Waals surface area contributed by atoms with E-state index in [4.69, 9.17) is 9.72 Å². The summed E-state index contributed by atoms with van der Waals surface area (Å²) in [5.41, 5.74) is 2.19. The first-order valence-electron chi connectivity index (χ1n) is 7.16. The molecule has 1 aromatic heterocycles. The van der Waals surface area contributed by atoms with Crippen LogP contribution in [0.25, 0.3) is 11.3 Å². The van der Waals surface area contributed by atoms with Crippen molar-refractivity contribution in [1.82, 2.24) is 9.88 Å². The summed E-state index contributed by atoms with van der Waals surface area (Å²) < 4.78 is 5.27. The zero-order chi connectivity index (χ0) is 13.8. The molecule has 1 aromatic carbocycles. The second-order valence-electron chi connectivity index (χ2n) is 5.20. The van der Waals surface area contributed by atoms with Crippen molar-refractivity contribution in [3.8, 4) is 17.0 Å². The van der Waals surface area contributed by atoms with Gasteiger partial charge < -0.3 is 4.74 Å². The lowest BCUT2D eigenvalue weighted by atomic mass is 10.1. The first-order chi connectivity index (χ1) is 9.85. The van der Waals surface area contributed by atoms with Gasteiger partial charge in [-0.3, -0.25) is 4.90 Å². The Balaban J connectivity index is 1.72. The fourth-order valence-electron chi connectivity index (χ4n) is 2.61. The fourth-order valence-corrected chi connectivity index (χ4v) is 3.45. The van der Waals surface area contributed by atoms with Crippen molar-refractivity contribution in [2.75, 3.05) is 20.2 Å². The van der Waals surface area contributed by atoms with Gasteiger partial charge in [0.05, 0.1) is 19.3 Å². The number of likely N-dealkylation sites (tertiary alicyclic amines) is 1. The molecular formula is C16H20N2OS. The second kappa shape index (κ2) is 6.37. The van der Waals surface area contributed by atoms with E-state index in [0.717, 1.165) is 23.6 Å². The number of piperidine rings is 1. The molecule has 2 heterocycles. The maximum Gasteiger partial charge on any atom is 0.119 e. The smallest absolute Gasteiger partial charge is 0.119 e. The molecule has 0 bridgehead atoms. The Morgan fingerprint density at radius 1 is 1.25 bits per heavy atom. The zero-order valence-electron chi connectivity index (χ0n) is 11.8. The minimum atomic E-state index is 0.882. The Kier molecular flexibility index (Phi) is 4.33. The molecule has 0 amide bonds. The van der Waals surface area contributed by atoms with Crippen molar-refractivity contribution < 1.29 is 4.74 Å². The Morgan fingerprint density at radius 2 is 2.10 bits per heavy atom. The topological polar surface area (TPSA) is 25.4 Å². The van der Waals surface area contributed by atoms with Crippen molar-refractivity contribution in [3.63, 3.8) is 0 Å². The van der Waals surface area contributed by atoms with Gasteiger partial charge in [-0.2, -0.15) is 0 Å². The van der Waals surface area contributed by atoms with Gasteiger partial charge in [0.1, 0.15) is 10.8 Å². The third kappa shape index (κ3) is 3.19. The van der Waals surface area contributed by atoms with Crippen molar-refractivity contribution in [1.29, 1.82) is 0 Å². The van der Waals surface area contributed by atoms with Crippen LogP contribution in [0.1, 0.15) is 24.3 Å². The highest BCUT2D eigenvalue weighted by Crippen LogP contribution is 2.26. The van der Waals surface area contributed by atoms with Crippen LogP contribution < -0.4 is 4.74 Å². The molecule has 0 saturated carbocycles. The van der Waals surface area contributed by atoms with Gasteiger partial charge in [-0.25, -0.2) is 4.98 Å². The third-order valence-corrected chi connectivity index (χ3v) is 4.56. The van der Waals surface area contributed by atoms with Crippen LogP contribution in [-0.2, 0) is 6.54 Å². The van der Waals surface area contributed by atoms with Crippen LogP contribution in [-0.4, -0.2) is 30.1 Å². The summed E-state index contributed by atoms with van der Waals surface area (Å²) in [6, 6.07) is 8.10. The van der Waals surface area contributed by atoms with Crippen LogP contribution in [0.5, 0.6) is 5.75 Å². The number of nitrogens with zero attached hydrogens (tertiary/aromatic N) is 2. The van der Waals surface area contributed by atoms with Gasteiger partial charge >= 0.3 is 0 Å². The lowest BCUT2D eigenvalue weighted by Gasteiger charge is -2.25. The van der Waals surface area contributed by atoms with E-state index in [-0.39, 0.29) is 0 Å². The highest BCUT2D eigenvalue weighted by molar-refractivity contribution is 7.09. The SMILES string of the molecule is COc1cccc(-c2csc(CN3CCCCC3)n2)c1. The highest BCUT2D eigenvalue weighted by atomic mass is 32.1. The van der Waals surface area contributed by atoms with Gasteiger partial charge in [-0.1, -0.05) is 18.6 Å². The second-order valence-corrected chi connectivity index (χ2v) is 6.14. The summed E-state index contributed by atoms with van der Waals surface area (Å²) in [5.74, 6) is 0.882. The molecule has 1 fully saturated rings. The van der Waals surface area contributed by atoms with Gasteiger partial charge in [-0.15, -0.1) is 11.3 Å². The van der Waals surface area contributed by atoms with E-state index in [1.165, 1.54) is 37.4 Å². The molecule has 0 atom stereocenters. The van der Waals surface area contributed by atoms with E-state index in [2.05, 4.69) is 16.3 Å². The molecule has 3 nitrogen and oxygen atoms in total. The monoisotopic (exact) mass is 288 g/mol. The fraction of sp³-hybridized carbons (Fsp3) is 0.438. The van der Waals surface area contributed by atoms with Crippen LogP contribution in [0.2, 0.25) is 0 Å². The molecule has 4 heteroatoms. The Morgan fingerprint density at radius 3 is 2.90 bits per heavy atom. The highest BCUT2D eigenvalue weighted by Gasteiger charge is 2.13. The Bertz CT molecular complexity index is 561. The van der Waals surface area contributed by atoms with Gasteiger partial charge in [0.25, 0.3) is 0 Å². The summed E-state index contributed by atoms with van der Waals surface area (Å²) >= 11 is 1.76. The van der Waals surface area contributed by atoms with Crippen molar-refractivity contribution >= 4 is 11.3 Å². The minimum Gasteiger partial charge on any atom is -0.497 e. The molecule has 0 spiro atoms. The predicted molar refractivity (Wildman–Crippen MR) is 83.2 cm³/mol. The molecule has 106 valence electrons. The molecule has 1 aliphatic rings. The number of hydrogen-bond donors (Lipinski definition) is 0. The number of methoxy groups -OCH3 is 1. The first-order valence-corrected chi connectivity index (χ1v) is 8.04. The molecule has 2 aromatic rings. The van der Waals surface area contributed by atoms with Crippen molar-refractivity contribution in [2.24, 2.45) is 0 Å². The Labute approximate surface area is 124 Å². The lowest BCUT2D eigenvalue weighted by molar-refractivity contribution is 0.220. The van der Waals surface area contributed by atoms with Crippen LogP contribution in [0.4, 0.5) is 0 Å². The van der Waals surface area contributed by atoms with Crippen molar-refractivity contribution in [2.45, 2.75) is 25.8 Å². The number of aromatic nitrogens is 1. The molecular weight excluding hydrogens is 268 g/mol. The van der Waals surface area contributed by atoms with E-state index in [0.29, 0.717) is 0 Å². The maximum absolute atomic E-state index is 5.27. The number of benzene rings is 1. The van der Waals surface area contributed by atoms with Crippen LogP contribution in [0, 0.1) is 0 Å². The van der Waals surface area contributed by atoms with Gasteiger partial charge in [0.15, 0.2) is 0 Å². The van der Waals surface area contributed by atoms with E-state index < -0.39 is 0 Å². The third-order valence-electron chi connectivity index (χ3n) is 3.72. The quantitative estimate of drug-likeness (QED) is 0.855. The van der Waals surface area contributed by atoms with E-state index in [1.54, 1.807) is 18.4 Å². The van der Waals surface area contributed by atoms with Gasteiger partial charge in [0, 0.05) is 10.9 Å². The summed E-state index contributed by atoms with van der Waals surface area (Å²) in [6.45, 7) is 3.43. The summed E-state index contributed by atoms with van der Waals surface area (Å²) in [6.07, 6.45) is 4.03. The number of rotatable bonds is 4. The van der Waals surface area contributed by atoms with Crippen LogP contribution in [0.3, 0.4) is 0 Å². The van der Waals surface area contributed by atoms with E-state index in [9.17, 15) is 0 Å². The molecule has 0 aliphatic carbocycles. The summed E-state index contributed by atoms with van der Waals surface area (Å²) in [7, 11) is 1.70. The largest absolute Gasteiger partial charge is 0.497 e. The average molecular weight is 288 g/mol. The number of ether oxygens (including phenoxy) is 1. The molecule has 1 aliphatic heterocycles. The summed E-state index contributed by atoms with van der Waals surface area (Å²) in [4.78, 5) is 7.28. The first kappa shape index (κ1) is 13.6. The van der Waals surface area contributed by atoms with E-state index in [1.807, 2.05) is 18.2 Å². The number of hydrogen-bond acceptors (Lipinski definition) is 4. The average Bonchev–Trinajstić information content (AvgIpc) is 2.97. The minimum absolute atomic E-state index is 0.882. The van der Waals surface area contributed by atoms with E-state index >= 15 is 0 Å². The zero-order valence-corrected chi connectivity index (χ0v) is 12.7. The molecule has 1 saturated heterocycles. The molecule has 0 radical (unpaired) electrons. The number of thiazole rings is 1. The standard InChI is InChI=1S/C16H20N2OS/c1-19-14-7-5-6-13(10-14)15-12-20-16(17-15)11-18-8-3-2-4-9-18/h5-7,10,12H,2-4,8-9,11H2,1H3. The normalized spacial score (nSPS) is 16.2. The van der Waals surface area contributed by atoms with Gasteiger partial charge in [-0.05, 0) is 38.1 Å².